The van der Waals surface area contributed by atoms with Crippen molar-refractivity contribution < 1.29 is 13.9 Å². The monoisotopic (exact) mass is 169 g/mol. The predicted molar refractivity (Wildman–Crippen MR) is 42.4 cm³/mol. The molecule has 0 bridgehead atoms. The van der Waals surface area contributed by atoms with Crippen LogP contribution in [0.1, 0.15) is 30.2 Å². The minimum absolute atomic E-state index is 0.107. The van der Waals surface area contributed by atoms with Gasteiger partial charge in [0.1, 0.15) is 5.69 Å². The molecule has 0 aromatic carbocycles. The van der Waals surface area contributed by atoms with E-state index in [1.807, 2.05) is 6.92 Å². The minimum Gasteiger partial charge on any atom is -0.464 e. The van der Waals surface area contributed by atoms with Crippen LogP contribution < -0.4 is 4.74 Å². The van der Waals surface area contributed by atoms with Crippen molar-refractivity contribution in [3.05, 3.63) is 11.6 Å². The van der Waals surface area contributed by atoms with Crippen LogP contribution in [0.15, 0.2) is 4.42 Å². The van der Waals surface area contributed by atoms with Crippen LogP contribution in [0.3, 0.4) is 0 Å². The van der Waals surface area contributed by atoms with Crippen molar-refractivity contribution in [1.29, 1.82) is 0 Å². The molecular formula is C8H11NO3. The Hall–Kier alpha value is -1.32. The molecule has 0 radical (unpaired) electrons. The highest BCUT2D eigenvalue weighted by Gasteiger charge is 2.12. The van der Waals surface area contributed by atoms with Crippen molar-refractivity contribution in [2.24, 2.45) is 0 Å². The first-order valence-corrected chi connectivity index (χ1v) is 3.76. The summed E-state index contributed by atoms with van der Waals surface area (Å²) in [5.41, 5.74) is 0.613. The molecule has 1 aromatic rings. The van der Waals surface area contributed by atoms with Crippen molar-refractivity contribution in [2.75, 3.05) is 6.61 Å². The number of nitrogens with zero attached hydrogens (tertiary/aromatic N) is 1. The molecule has 0 atom stereocenters. The van der Waals surface area contributed by atoms with Crippen LogP contribution in [0.2, 0.25) is 0 Å². The molecule has 0 aliphatic rings. The third kappa shape index (κ3) is 1.64. The summed E-state index contributed by atoms with van der Waals surface area (Å²) in [7, 11) is 0. The SMILES string of the molecule is CCOc1oc(C(C)=O)nc1C. The molecule has 1 aromatic heterocycles. The number of hydrogen-bond acceptors (Lipinski definition) is 4. The van der Waals surface area contributed by atoms with Gasteiger partial charge in [0.15, 0.2) is 0 Å². The molecule has 0 fully saturated rings. The van der Waals surface area contributed by atoms with E-state index in [0.717, 1.165) is 0 Å². The topological polar surface area (TPSA) is 52.3 Å². The number of rotatable bonds is 3. The molecule has 4 heteroatoms. The van der Waals surface area contributed by atoms with Gasteiger partial charge in [-0.3, -0.25) is 4.79 Å². The molecule has 0 aliphatic heterocycles. The fourth-order valence-electron chi connectivity index (χ4n) is 0.798. The Morgan fingerprint density at radius 3 is 2.75 bits per heavy atom. The number of carbonyl (C=O) groups excluding carboxylic acids is 1. The summed E-state index contributed by atoms with van der Waals surface area (Å²) in [6, 6.07) is 0. The van der Waals surface area contributed by atoms with Crippen LogP contribution >= 0.6 is 0 Å². The van der Waals surface area contributed by atoms with Crippen molar-refractivity contribution >= 4 is 5.78 Å². The van der Waals surface area contributed by atoms with Gasteiger partial charge in [0.25, 0.3) is 5.89 Å². The lowest BCUT2D eigenvalue weighted by Crippen LogP contribution is -1.90. The van der Waals surface area contributed by atoms with Gasteiger partial charge in [-0.25, -0.2) is 4.98 Å². The summed E-state index contributed by atoms with van der Waals surface area (Å²) in [5, 5.41) is 0. The van der Waals surface area contributed by atoms with E-state index in [1.165, 1.54) is 6.92 Å². The molecule has 66 valence electrons. The van der Waals surface area contributed by atoms with Crippen LogP contribution in [0.5, 0.6) is 5.95 Å². The summed E-state index contributed by atoms with van der Waals surface area (Å²) in [4.78, 5) is 14.7. The van der Waals surface area contributed by atoms with E-state index in [4.69, 9.17) is 9.15 Å². The Morgan fingerprint density at radius 1 is 1.67 bits per heavy atom. The maximum absolute atomic E-state index is 10.8. The molecule has 1 heterocycles. The predicted octanol–water partition coefficient (Wildman–Crippen LogP) is 1.58. The average Bonchev–Trinajstić information content (AvgIpc) is 2.34. The van der Waals surface area contributed by atoms with E-state index in [1.54, 1.807) is 6.92 Å². The molecule has 0 amide bonds. The summed E-state index contributed by atoms with van der Waals surface area (Å²) in [5.74, 6) is 0.253. The van der Waals surface area contributed by atoms with E-state index in [-0.39, 0.29) is 11.7 Å². The van der Waals surface area contributed by atoms with E-state index < -0.39 is 0 Å². The number of hydrogen-bond donors (Lipinski definition) is 0. The van der Waals surface area contributed by atoms with Crippen molar-refractivity contribution in [3.63, 3.8) is 0 Å². The van der Waals surface area contributed by atoms with Gasteiger partial charge in [-0.05, 0) is 13.8 Å². The van der Waals surface area contributed by atoms with Crippen LogP contribution in [-0.4, -0.2) is 17.4 Å². The number of ether oxygens (including phenoxy) is 1. The van der Waals surface area contributed by atoms with E-state index in [0.29, 0.717) is 18.2 Å². The average molecular weight is 169 g/mol. The Morgan fingerprint density at radius 2 is 2.33 bits per heavy atom. The zero-order valence-corrected chi connectivity index (χ0v) is 7.38. The van der Waals surface area contributed by atoms with Gasteiger partial charge >= 0.3 is 5.95 Å². The minimum atomic E-state index is -0.191. The fraction of sp³-hybridized carbons (Fsp3) is 0.500. The van der Waals surface area contributed by atoms with E-state index >= 15 is 0 Å². The van der Waals surface area contributed by atoms with E-state index in [2.05, 4.69) is 4.98 Å². The number of carbonyl (C=O) groups is 1. The molecule has 0 aliphatic carbocycles. The first-order chi connectivity index (χ1) is 5.65. The van der Waals surface area contributed by atoms with Gasteiger partial charge in [-0.15, -0.1) is 0 Å². The molecule has 0 N–H and O–H groups in total. The third-order valence-electron chi connectivity index (χ3n) is 1.33. The van der Waals surface area contributed by atoms with Gasteiger partial charge in [0.2, 0.25) is 5.78 Å². The highest BCUT2D eigenvalue weighted by atomic mass is 16.6. The molecule has 0 saturated carbocycles. The summed E-state index contributed by atoms with van der Waals surface area (Å²) >= 11 is 0. The lowest BCUT2D eigenvalue weighted by Gasteiger charge is -1.95. The van der Waals surface area contributed by atoms with Crippen molar-refractivity contribution in [2.45, 2.75) is 20.8 Å². The van der Waals surface area contributed by atoms with Crippen molar-refractivity contribution in [3.8, 4) is 5.95 Å². The normalized spacial score (nSPS) is 9.92. The molecule has 0 unspecified atom stereocenters. The molecule has 0 saturated heterocycles. The number of aryl methyl sites for hydroxylation is 1. The Kier molecular flexibility index (Phi) is 2.47. The maximum atomic E-state index is 10.8. The van der Waals surface area contributed by atoms with Crippen molar-refractivity contribution in [1.82, 2.24) is 4.98 Å². The van der Waals surface area contributed by atoms with Gasteiger partial charge in [-0.2, -0.15) is 0 Å². The molecule has 4 nitrogen and oxygen atoms in total. The summed E-state index contributed by atoms with van der Waals surface area (Å²) in [6.45, 7) is 5.49. The Balaban J connectivity index is 2.92. The Labute approximate surface area is 70.5 Å². The number of aromatic nitrogens is 1. The van der Waals surface area contributed by atoms with Gasteiger partial charge in [0.05, 0.1) is 6.61 Å². The molecular weight excluding hydrogens is 158 g/mol. The second kappa shape index (κ2) is 3.38. The van der Waals surface area contributed by atoms with Gasteiger partial charge in [-0.1, -0.05) is 0 Å². The van der Waals surface area contributed by atoms with Gasteiger partial charge < -0.3 is 9.15 Å². The fourth-order valence-corrected chi connectivity index (χ4v) is 0.798. The van der Waals surface area contributed by atoms with Crippen LogP contribution in [-0.2, 0) is 0 Å². The Bertz CT molecular complexity index is 290. The number of ketones is 1. The highest BCUT2D eigenvalue weighted by Crippen LogP contribution is 2.18. The second-order valence-electron chi connectivity index (χ2n) is 2.38. The smallest absolute Gasteiger partial charge is 0.308 e. The van der Waals surface area contributed by atoms with Crippen LogP contribution in [0.4, 0.5) is 0 Å². The zero-order valence-electron chi connectivity index (χ0n) is 7.38. The van der Waals surface area contributed by atoms with Gasteiger partial charge in [0, 0.05) is 6.92 Å². The molecule has 0 spiro atoms. The van der Waals surface area contributed by atoms with Crippen LogP contribution in [0, 0.1) is 6.92 Å². The first-order valence-electron chi connectivity index (χ1n) is 3.76. The maximum Gasteiger partial charge on any atom is 0.308 e. The largest absolute Gasteiger partial charge is 0.464 e. The number of Topliss-reactive ketones (excluding diaryl/α,β-unsaturated/α-hetero) is 1. The quantitative estimate of drug-likeness (QED) is 0.644. The standard InChI is InChI=1S/C8H11NO3/c1-4-11-8-5(2)9-7(12-8)6(3)10/h4H2,1-3H3. The third-order valence-corrected chi connectivity index (χ3v) is 1.33. The zero-order chi connectivity index (χ0) is 9.14. The highest BCUT2D eigenvalue weighted by molar-refractivity contribution is 5.89. The molecule has 12 heavy (non-hydrogen) atoms. The second-order valence-corrected chi connectivity index (χ2v) is 2.38. The summed E-state index contributed by atoms with van der Waals surface area (Å²) < 4.78 is 10.1. The van der Waals surface area contributed by atoms with Crippen LogP contribution in [0.25, 0.3) is 0 Å². The lowest BCUT2D eigenvalue weighted by atomic mass is 10.4. The first kappa shape index (κ1) is 8.77. The van der Waals surface area contributed by atoms with E-state index in [9.17, 15) is 4.79 Å². The molecule has 1 rings (SSSR count). The number of oxazole rings is 1. The lowest BCUT2D eigenvalue weighted by molar-refractivity contribution is 0.0972. The summed E-state index contributed by atoms with van der Waals surface area (Å²) in [6.07, 6.45) is 0.